The average Bonchev–Trinajstić information content (AvgIpc) is 3.17. The number of nitrogens with zero attached hydrogens (tertiary/aromatic N) is 2. The highest BCUT2D eigenvalue weighted by Gasteiger charge is 3.02. The monoisotopic (exact) mass is 1110 g/mol. The Morgan fingerprint density at radius 1 is 0.457 bits per heavy atom. The summed E-state index contributed by atoms with van der Waals surface area (Å²) in [6, 6.07) is -0.533. The van der Waals surface area contributed by atoms with Gasteiger partial charge in [0.15, 0.2) is 6.73 Å². The van der Waals surface area contributed by atoms with Crippen LogP contribution in [0.15, 0.2) is 16.1 Å². The number of carbonyl (C=O) groups excluding carboxylic acids is 4. The lowest BCUT2D eigenvalue weighted by molar-refractivity contribution is -0.491. The molecule has 0 aromatic heterocycles. The molecule has 1 rings (SSSR count). The molecule has 0 saturated carbocycles. The minimum atomic E-state index is -10.4. The second kappa shape index (κ2) is 17.4. The summed E-state index contributed by atoms with van der Waals surface area (Å²) in [5.74, 6) is -151. The third-order valence-electron chi connectivity index (χ3n) is 8.80. The van der Waals surface area contributed by atoms with Crippen molar-refractivity contribution in [2.75, 3.05) is 6.73 Å². The van der Waals surface area contributed by atoms with Gasteiger partial charge < -0.3 is 10.1 Å². The summed E-state index contributed by atoms with van der Waals surface area (Å²) < 4.78 is 470. The summed E-state index contributed by atoms with van der Waals surface area (Å²) >= 11 is 0. The zero-order valence-corrected chi connectivity index (χ0v) is 31.7. The summed E-state index contributed by atoms with van der Waals surface area (Å²) in [5, 5.41) is 1.09. The molecule has 1 aromatic carbocycles. The zero-order valence-electron chi connectivity index (χ0n) is 31.7. The second-order valence-corrected chi connectivity index (χ2v) is 13.1. The highest BCUT2D eigenvalue weighted by atomic mass is 19.4. The van der Waals surface area contributed by atoms with Gasteiger partial charge in [-0.3, -0.25) is 9.59 Å². The maximum absolute atomic E-state index is 15.7. The van der Waals surface area contributed by atoms with Crippen LogP contribution < -0.4 is 5.32 Å². The Kier molecular flexibility index (Phi) is 15.6. The number of nitrogens with one attached hydrogen (secondary N) is 1. The maximum atomic E-state index is 15.7. The number of rotatable bonds is 20. The van der Waals surface area contributed by atoms with E-state index in [0.717, 1.165) is 5.32 Å². The first kappa shape index (κ1) is 62.6. The minimum absolute atomic E-state index is 0.0718. The molecule has 1 aromatic rings. The normalized spacial score (nSPS) is 15.2. The highest BCUT2D eigenvalue weighted by Crippen LogP contribution is 2.70. The van der Waals surface area contributed by atoms with Crippen LogP contribution in [-0.4, -0.2) is 120 Å². The average molecular weight is 1110 g/mol. The van der Waals surface area contributed by atoms with Crippen LogP contribution in [0.5, 0.6) is 0 Å². The number of hydrogen-bond acceptors (Lipinski definition) is 7. The summed E-state index contributed by atoms with van der Waals surface area (Å²) in [5.41, 5.74) is -12.0. The molecule has 8 nitrogen and oxygen atoms in total. The lowest BCUT2D eigenvalue weighted by Crippen LogP contribution is -2.79. The summed E-state index contributed by atoms with van der Waals surface area (Å²) in [6.07, 6.45) is -7.89. The van der Waals surface area contributed by atoms with E-state index in [1.807, 2.05) is 0 Å². The van der Waals surface area contributed by atoms with Gasteiger partial charge in [-0.15, -0.1) is 0 Å². The molecule has 0 aliphatic rings. The second-order valence-electron chi connectivity index (χ2n) is 13.1. The number of isocyanates is 2. The summed E-state index contributed by atoms with van der Waals surface area (Å²) in [4.78, 5) is 49.9. The highest BCUT2D eigenvalue weighted by molar-refractivity contribution is 6.00. The number of aliphatic imine (C=N–C) groups is 2. The number of ether oxygens (including phenoxy) is 1. The zero-order chi connectivity index (χ0) is 56.7. The number of carbonyl (C=O) groups is 2. The van der Waals surface area contributed by atoms with Gasteiger partial charge in [-0.05, 0) is 18.6 Å². The van der Waals surface area contributed by atoms with Gasteiger partial charge in [0.1, 0.15) is 0 Å². The Morgan fingerprint density at radius 3 is 0.971 bits per heavy atom. The number of alkyl halides is 33. The summed E-state index contributed by atoms with van der Waals surface area (Å²) in [7, 11) is 0. The van der Waals surface area contributed by atoms with Crippen molar-refractivity contribution < 1.29 is 169 Å². The molecular formula is C29H10F33N3O5. The van der Waals surface area contributed by atoms with Crippen LogP contribution in [0.1, 0.15) is 28.4 Å². The van der Waals surface area contributed by atoms with Crippen LogP contribution in [0.2, 0.25) is 0 Å². The van der Waals surface area contributed by atoms with E-state index >= 15 is 17.6 Å². The van der Waals surface area contributed by atoms with Crippen molar-refractivity contribution in [3.05, 3.63) is 22.8 Å². The van der Waals surface area contributed by atoms with E-state index in [2.05, 4.69) is 14.7 Å². The molecule has 1 amide bonds. The molecule has 0 fully saturated rings. The molecule has 0 heterocycles. The van der Waals surface area contributed by atoms with E-state index in [1.165, 1.54) is 0 Å². The minimum Gasteiger partial charge on any atom is -0.445 e. The Morgan fingerprint density at radius 2 is 0.714 bits per heavy atom. The maximum Gasteiger partial charge on any atom is 0.460 e. The number of amides is 1. The van der Waals surface area contributed by atoms with E-state index in [1.54, 1.807) is 0 Å². The molecule has 402 valence electrons. The molecule has 0 atom stereocenters. The first-order valence-electron chi connectivity index (χ1n) is 15.9. The van der Waals surface area contributed by atoms with Crippen LogP contribution in [0.25, 0.3) is 0 Å². The van der Waals surface area contributed by atoms with Crippen LogP contribution in [0, 0.1) is 6.92 Å². The van der Waals surface area contributed by atoms with Gasteiger partial charge in [0, 0.05) is 6.92 Å². The van der Waals surface area contributed by atoms with Crippen LogP contribution in [0.4, 0.5) is 156 Å². The van der Waals surface area contributed by atoms with Gasteiger partial charge in [0.25, 0.3) is 5.91 Å². The predicted octanol–water partition coefficient (Wildman–Crippen LogP) is 11.7. The van der Waals surface area contributed by atoms with Crippen molar-refractivity contribution in [2.45, 2.75) is 109 Å². The smallest absolute Gasteiger partial charge is 0.445 e. The largest absolute Gasteiger partial charge is 0.460 e. The molecular weight excluding hydrogens is 1100 g/mol. The number of esters is 1. The van der Waals surface area contributed by atoms with E-state index in [0.29, 0.717) is 13.0 Å². The van der Waals surface area contributed by atoms with Gasteiger partial charge in [-0.1, -0.05) is 0 Å². The lowest BCUT2D eigenvalue weighted by atomic mass is 9.81. The van der Waals surface area contributed by atoms with Gasteiger partial charge >= 0.3 is 101 Å². The fourth-order valence-electron chi connectivity index (χ4n) is 4.85. The first-order valence-corrected chi connectivity index (χ1v) is 15.9. The Bertz CT molecular complexity index is 2290. The standard InChI is InChI=1S/C29H10F33N3O5/c1-7-9(63-4-66)3-10(64-5-67)12(11(7)13(69)65-6-70-8(2)68)14(30,31)15(32,33)16(34,35)17(36,37)18(38,39)19(40,41)20(42,43)21(44,45)22(46,47)23(48,49)24(50,51)25(52,53)26(54,55)27(56,57)28(58,59)29(60,61)62/h3H,6H2,1-2H3,(H,65,69). The van der Waals surface area contributed by atoms with Crippen LogP contribution >= 0.6 is 0 Å². The third-order valence-corrected chi connectivity index (χ3v) is 8.80. The van der Waals surface area contributed by atoms with E-state index in [4.69, 9.17) is 0 Å². The van der Waals surface area contributed by atoms with Crippen molar-refractivity contribution in [3.63, 3.8) is 0 Å². The molecule has 41 heteroatoms. The van der Waals surface area contributed by atoms with Crippen LogP contribution in [-0.2, 0) is 25.0 Å². The fraction of sp³-hybridized carbons (Fsp3) is 0.655. The third kappa shape index (κ3) is 8.07. The van der Waals surface area contributed by atoms with Gasteiger partial charge in [-0.2, -0.15) is 155 Å². The Hall–Kier alpha value is -5.39. The van der Waals surface area contributed by atoms with Gasteiger partial charge in [-0.25, -0.2) is 9.59 Å². The molecule has 0 radical (unpaired) electrons. The quantitative estimate of drug-likeness (QED) is 0.0459. The molecule has 0 saturated heterocycles. The van der Waals surface area contributed by atoms with E-state index in [9.17, 15) is 147 Å². The Balaban J connectivity index is 4.33. The molecule has 0 aliphatic carbocycles. The van der Waals surface area contributed by atoms with Crippen molar-refractivity contribution in [1.82, 2.24) is 5.32 Å². The number of halogens is 33. The molecule has 0 unspecified atom stereocenters. The molecule has 70 heavy (non-hydrogen) atoms. The SMILES string of the molecule is CC(=O)OCNC(=O)c1c(C)c(N=C=O)cc(N=C=O)c1C(F)(F)C(F)(F)C(F)(F)C(F)(F)C(F)(F)C(F)(F)C(F)(F)C(F)(F)C(F)(F)C(F)(F)C(F)(F)C(F)(F)C(F)(F)C(F)(F)C(F)(F)C(F)(F)F. The predicted molar refractivity (Wildman–Crippen MR) is 150 cm³/mol. The first-order chi connectivity index (χ1) is 30.4. The van der Waals surface area contributed by atoms with Crippen molar-refractivity contribution >= 4 is 35.4 Å². The van der Waals surface area contributed by atoms with Gasteiger partial charge in [0.05, 0.1) is 22.5 Å². The molecule has 0 spiro atoms. The Labute approximate surface area is 358 Å². The lowest BCUT2D eigenvalue weighted by Gasteiger charge is -2.47. The van der Waals surface area contributed by atoms with E-state index < -0.39 is 148 Å². The fourth-order valence-corrected chi connectivity index (χ4v) is 4.85. The molecule has 1 N–H and O–H groups in total. The van der Waals surface area contributed by atoms with Crippen LogP contribution in [0.3, 0.4) is 0 Å². The number of hydrogen-bond donors (Lipinski definition) is 1. The van der Waals surface area contributed by atoms with Crippen molar-refractivity contribution in [2.24, 2.45) is 9.98 Å². The summed E-state index contributed by atoms with van der Waals surface area (Å²) in [6.45, 7) is -1.15. The topological polar surface area (TPSA) is 114 Å². The van der Waals surface area contributed by atoms with Gasteiger partial charge in [0.2, 0.25) is 12.2 Å². The molecule has 0 bridgehead atoms. The van der Waals surface area contributed by atoms with E-state index in [-0.39, 0.29) is 13.0 Å². The van der Waals surface area contributed by atoms with Crippen molar-refractivity contribution in [1.29, 1.82) is 0 Å². The number of benzene rings is 1. The van der Waals surface area contributed by atoms with Crippen molar-refractivity contribution in [3.8, 4) is 0 Å². The molecule has 0 aliphatic heterocycles.